The number of nitrogens with zero attached hydrogens (tertiary/aromatic N) is 3. The number of thioether (sulfide) groups is 1. The first-order valence-corrected chi connectivity index (χ1v) is 10.7. The first-order chi connectivity index (χ1) is 11.6. The molecule has 3 heterocycles. The molecule has 0 aromatic carbocycles. The molecule has 2 aromatic rings. The Hall–Kier alpha value is -1.42. The Labute approximate surface area is 149 Å². The molecular formula is C15H17N3O3S3. The standard InChI is InChI=1S/C15H17N3O3S3/c19-14(12-23-13-4-1-2-6-16-13)17-7-9-18(10-8-17)24(20,21)15-5-3-11-22-15/h1-6,11H,7-10,12H2. The van der Waals surface area contributed by atoms with Crippen LogP contribution in [0.3, 0.4) is 0 Å². The van der Waals surface area contributed by atoms with Crippen molar-refractivity contribution in [1.82, 2.24) is 14.2 Å². The van der Waals surface area contributed by atoms with Crippen LogP contribution in [0.2, 0.25) is 0 Å². The molecule has 0 N–H and O–H groups in total. The summed E-state index contributed by atoms with van der Waals surface area (Å²) in [6.45, 7) is 1.51. The molecule has 0 spiro atoms. The lowest BCUT2D eigenvalue weighted by Gasteiger charge is -2.33. The van der Waals surface area contributed by atoms with Crippen LogP contribution in [-0.2, 0) is 14.8 Å². The van der Waals surface area contributed by atoms with Crippen molar-refractivity contribution in [2.24, 2.45) is 0 Å². The Kier molecular flexibility index (Phi) is 5.54. The second kappa shape index (κ2) is 7.64. The zero-order valence-electron chi connectivity index (χ0n) is 12.9. The topological polar surface area (TPSA) is 70.6 Å². The summed E-state index contributed by atoms with van der Waals surface area (Å²) in [5.74, 6) is 0.327. The van der Waals surface area contributed by atoms with Crippen molar-refractivity contribution in [2.45, 2.75) is 9.24 Å². The molecule has 24 heavy (non-hydrogen) atoms. The number of carbonyl (C=O) groups excluding carboxylic acids is 1. The van der Waals surface area contributed by atoms with Gasteiger partial charge in [-0.05, 0) is 23.6 Å². The summed E-state index contributed by atoms with van der Waals surface area (Å²) >= 11 is 2.61. The van der Waals surface area contributed by atoms with Crippen molar-refractivity contribution in [3.05, 3.63) is 41.9 Å². The average Bonchev–Trinajstić information content (AvgIpc) is 3.16. The van der Waals surface area contributed by atoms with E-state index in [-0.39, 0.29) is 5.91 Å². The summed E-state index contributed by atoms with van der Waals surface area (Å²) in [7, 11) is -3.42. The summed E-state index contributed by atoms with van der Waals surface area (Å²) in [6.07, 6.45) is 1.70. The molecule has 1 aliphatic heterocycles. The predicted molar refractivity (Wildman–Crippen MR) is 94.6 cm³/mol. The van der Waals surface area contributed by atoms with Gasteiger partial charge in [-0.15, -0.1) is 11.3 Å². The van der Waals surface area contributed by atoms with E-state index < -0.39 is 10.0 Å². The maximum atomic E-state index is 12.5. The van der Waals surface area contributed by atoms with Crippen LogP contribution in [0.15, 0.2) is 51.1 Å². The van der Waals surface area contributed by atoms with Crippen molar-refractivity contribution in [1.29, 1.82) is 0 Å². The number of aromatic nitrogens is 1. The van der Waals surface area contributed by atoms with Gasteiger partial charge < -0.3 is 4.90 Å². The minimum atomic E-state index is -3.42. The molecule has 1 fully saturated rings. The highest BCUT2D eigenvalue weighted by Gasteiger charge is 2.30. The molecular weight excluding hydrogens is 366 g/mol. The maximum absolute atomic E-state index is 12.5. The molecule has 0 unspecified atom stereocenters. The molecule has 128 valence electrons. The fourth-order valence-electron chi connectivity index (χ4n) is 2.37. The summed E-state index contributed by atoms with van der Waals surface area (Å²) in [6, 6.07) is 8.92. The predicted octanol–water partition coefficient (Wildman–Crippen LogP) is 1.77. The number of rotatable bonds is 5. The number of amides is 1. The van der Waals surface area contributed by atoms with E-state index in [9.17, 15) is 13.2 Å². The zero-order chi connectivity index (χ0) is 17.0. The van der Waals surface area contributed by atoms with Crippen LogP contribution in [-0.4, -0.2) is 60.4 Å². The lowest BCUT2D eigenvalue weighted by atomic mass is 10.3. The van der Waals surface area contributed by atoms with Crippen LogP contribution in [0, 0.1) is 0 Å². The summed E-state index contributed by atoms with van der Waals surface area (Å²) < 4.78 is 26.7. The minimum Gasteiger partial charge on any atom is -0.339 e. The zero-order valence-corrected chi connectivity index (χ0v) is 15.3. The molecule has 1 aliphatic rings. The van der Waals surface area contributed by atoms with Gasteiger partial charge in [0.25, 0.3) is 10.0 Å². The first-order valence-electron chi connectivity index (χ1n) is 7.42. The number of sulfonamides is 1. The Morgan fingerprint density at radius 1 is 1.17 bits per heavy atom. The number of pyridine rings is 1. The highest BCUT2D eigenvalue weighted by atomic mass is 32.2. The van der Waals surface area contributed by atoms with Crippen molar-refractivity contribution >= 4 is 39.0 Å². The van der Waals surface area contributed by atoms with E-state index in [0.29, 0.717) is 36.1 Å². The van der Waals surface area contributed by atoms with Gasteiger partial charge in [0.1, 0.15) is 4.21 Å². The summed E-state index contributed by atoms with van der Waals surface area (Å²) in [4.78, 5) is 18.2. The number of thiophene rings is 1. The Morgan fingerprint density at radius 2 is 1.96 bits per heavy atom. The van der Waals surface area contributed by atoms with Gasteiger partial charge in [0, 0.05) is 32.4 Å². The van der Waals surface area contributed by atoms with Crippen LogP contribution in [0.4, 0.5) is 0 Å². The van der Waals surface area contributed by atoms with Crippen molar-refractivity contribution in [2.75, 3.05) is 31.9 Å². The minimum absolute atomic E-state index is 0.0128. The second-order valence-electron chi connectivity index (χ2n) is 5.17. The number of carbonyl (C=O) groups is 1. The average molecular weight is 384 g/mol. The van der Waals surface area contributed by atoms with Crippen LogP contribution in [0.25, 0.3) is 0 Å². The monoisotopic (exact) mass is 383 g/mol. The largest absolute Gasteiger partial charge is 0.339 e. The summed E-state index contributed by atoms with van der Waals surface area (Å²) in [5, 5.41) is 2.56. The SMILES string of the molecule is O=C(CSc1ccccn1)N1CCN(S(=O)(=O)c2cccs2)CC1. The first kappa shape index (κ1) is 17.4. The van der Waals surface area contributed by atoms with Gasteiger partial charge in [-0.25, -0.2) is 13.4 Å². The molecule has 2 aromatic heterocycles. The molecule has 3 rings (SSSR count). The van der Waals surface area contributed by atoms with Gasteiger partial charge in [-0.2, -0.15) is 4.31 Å². The van der Waals surface area contributed by atoms with E-state index in [1.165, 1.54) is 27.4 Å². The van der Waals surface area contributed by atoms with E-state index in [0.717, 1.165) is 5.03 Å². The fraction of sp³-hybridized carbons (Fsp3) is 0.333. The van der Waals surface area contributed by atoms with Crippen molar-refractivity contribution in [3.63, 3.8) is 0 Å². The molecule has 1 saturated heterocycles. The van der Waals surface area contributed by atoms with Gasteiger partial charge in [0.15, 0.2) is 0 Å². The van der Waals surface area contributed by atoms with Gasteiger partial charge in [0.2, 0.25) is 5.91 Å². The lowest BCUT2D eigenvalue weighted by molar-refractivity contribution is -0.129. The van der Waals surface area contributed by atoms with Gasteiger partial charge in [-0.3, -0.25) is 4.79 Å². The van der Waals surface area contributed by atoms with Gasteiger partial charge >= 0.3 is 0 Å². The van der Waals surface area contributed by atoms with Crippen molar-refractivity contribution in [3.8, 4) is 0 Å². The van der Waals surface area contributed by atoms with Crippen LogP contribution in [0.1, 0.15) is 0 Å². The third-order valence-corrected chi connectivity index (χ3v) is 7.86. The van der Waals surface area contributed by atoms with Gasteiger partial charge in [-0.1, -0.05) is 23.9 Å². The van der Waals surface area contributed by atoms with Crippen LogP contribution < -0.4 is 0 Å². The van der Waals surface area contributed by atoms with Gasteiger partial charge in [0.05, 0.1) is 10.8 Å². The van der Waals surface area contributed by atoms with E-state index in [2.05, 4.69) is 4.98 Å². The molecule has 0 saturated carbocycles. The molecule has 9 heteroatoms. The third-order valence-electron chi connectivity index (χ3n) is 3.66. The number of hydrogen-bond acceptors (Lipinski definition) is 6. The molecule has 1 amide bonds. The Balaban J connectivity index is 1.52. The number of hydrogen-bond donors (Lipinski definition) is 0. The molecule has 0 radical (unpaired) electrons. The van der Waals surface area contributed by atoms with Crippen molar-refractivity contribution < 1.29 is 13.2 Å². The van der Waals surface area contributed by atoms with E-state index in [1.807, 2.05) is 18.2 Å². The quantitative estimate of drug-likeness (QED) is 0.736. The Bertz CT molecular complexity index is 771. The normalized spacial score (nSPS) is 16.2. The van der Waals surface area contributed by atoms with Crippen LogP contribution >= 0.6 is 23.1 Å². The summed E-state index contributed by atoms with van der Waals surface area (Å²) in [5.41, 5.74) is 0. The van der Waals surface area contributed by atoms with E-state index in [1.54, 1.807) is 28.6 Å². The van der Waals surface area contributed by atoms with E-state index >= 15 is 0 Å². The highest BCUT2D eigenvalue weighted by molar-refractivity contribution is 7.99. The molecule has 6 nitrogen and oxygen atoms in total. The Morgan fingerprint density at radius 3 is 2.58 bits per heavy atom. The molecule has 0 aliphatic carbocycles. The maximum Gasteiger partial charge on any atom is 0.252 e. The third kappa shape index (κ3) is 3.97. The highest BCUT2D eigenvalue weighted by Crippen LogP contribution is 2.22. The second-order valence-corrected chi connectivity index (χ2v) is 9.28. The number of piperazine rings is 1. The molecule has 0 bridgehead atoms. The van der Waals surface area contributed by atoms with Crippen LogP contribution in [0.5, 0.6) is 0 Å². The smallest absolute Gasteiger partial charge is 0.252 e. The lowest BCUT2D eigenvalue weighted by Crippen LogP contribution is -2.50. The molecule has 0 atom stereocenters. The van der Waals surface area contributed by atoms with E-state index in [4.69, 9.17) is 0 Å². The fourth-order valence-corrected chi connectivity index (χ4v) is 5.71.